The molecule has 0 aliphatic rings. The molecule has 0 heterocycles. The van der Waals surface area contributed by atoms with Crippen LogP contribution in [-0.2, 0) is 9.53 Å². The van der Waals surface area contributed by atoms with E-state index in [1.807, 2.05) is 30.3 Å². The zero-order valence-electron chi connectivity index (χ0n) is 8.61. The fourth-order valence-corrected chi connectivity index (χ4v) is 1.08. The maximum Gasteiger partial charge on any atom is 0.226 e. The predicted octanol–water partition coefficient (Wildman–Crippen LogP) is 2.22. The first kappa shape index (κ1) is 11.5. The van der Waals surface area contributed by atoms with E-state index < -0.39 is 0 Å². The smallest absolute Gasteiger partial charge is 0.226 e. The van der Waals surface area contributed by atoms with Gasteiger partial charge in [0.15, 0.2) is 0 Å². The van der Waals surface area contributed by atoms with E-state index in [9.17, 15) is 4.79 Å². The molecule has 0 bridgehead atoms. The monoisotopic (exact) mass is 205 g/mol. The van der Waals surface area contributed by atoms with Gasteiger partial charge >= 0.3 is 0 Å². The summed E-state index contributed by atoms with van der Waals surface area (Å²) in [4.78, 5) is 11.4. The van der Waals surface area contributed by atoms with Crippen molar-refractivity contribution in [3.63, 3.8) is 0 Å². The van der Waals surface area contributed by atoms with E-state index in [1.165, 1.54) is 0 Å². The first-order chi connectivity index (χ1) is 7.33. The second-order valence-electron chi connectivity index (χ2n) is 3.03. The second-order valence-corrected chi connectivity index (χ2v) is 3.03. The normalized spacial score (nSPS) is 9.60. The Hall–Kier alpha value is -1.61. The van der Waals surface area contributed by atoms with Crippen LogP contribution in [0.25, 0.3) is 0 Å². The topological polar surface area (TPSA) is 38.3 Å². The molecule has 1 rings (SSSR count). The lowest BCUT2D eigenvalue weighted by molar-refractivity contribution is -0.117. The van der Waals surface area contributed by atoms with Gasteiger partial charge in [-0.15, -0.1) is 6.58 Å². The van der Waals surface area contributed by atoms with Gasteiger partial charge in [-0.3, -0.25) is 4.79 Å². The molecule has 0 saturated heterocycles. The highest BCUT2D eigenvalue weighted by molar-refractivity contribution is 5.90. The Bertz CT molecular complexity index is 309. The highest BCUT2D eigenvalue weighted by atomic mass is 16.5. The van der Waals surface area contributed by atoms with Crippen molar-refractivity contribution in [1.82, 2.24) is 0 Å². The van der Waals surface area contributed by atoms with E-state index in [0.717, 1.165) is 5.69 Å². The minimum absolute atomic E-state index is 0.0368. The summed E-state index contributed by atoms with van der Waals surface area (Å²) in [7, 11) is 0. The highest BCUT2D eigenvalue weighted by Gasteiger charge is 2.00. The number of hydrogen-bond acceptors (Lipinski definition) is 2. The van der Waals surface area contributed by atoms with Crippen LogP contribution < -0.4 is 5.32 Å². The number of rotatable bonds is 6. The average molecular weight is 205 g/mol. The molecule has 0 aliphatic heterocycles. The van der Waals surface area contributed by atoms with Crippen LogP contribution in [0, 0.1) is 0 Å². The third kappa shape index (κ3) is 4.98. The molecule has 0 atom stereocenters. The Kier molecular flexibility index (Phi) is 5.19. The van der Waals surface area contributed by atoms with Crippen molar-refractivity contribution in [3.05, 3.63) is 43.0 Å². The lowest BCUT2D eigenvalue weighted by Crippen LogP contribution is -2.14. The Morgan fingerprint density at radius 1 is 1.40 bits per heavy atom. The number of hydrogen-bond donors (Lipinski definition) is 1. The van der Waals surface area contributed by atoms with Gasteiger partial charge < -0.3 is 10.1 Å². The summed E-state index contributed by atoms with van der Waals surface area (Å²) < 4.78 is 5.11. The van der Waals surface area contributed by atoms with Gasteiger partial charge in [0.2, 0.25) is 5.91 Å². The van der Waals surface area contributed by atoms with E-state index >= 15 is 0 Å². The van der Waals surface area contributed by atoms with Crippen molar-refractivity contribution in [2.45, 2.75) is 6.42 Å². The maximum absolute atomic E-state index is 11.4. The maximum atomic E-state index is 11.4. The second kappa shape index (κ2) is 6.79. The molecule has 0 aliphatic carbocycles. The van der Waals surface area contributed by atoms with Crippen molar-refractivity contribution in [3.8, 4) is 0 Å². The molecule has 1 aromatic carbocycles. The van der Waals surface area contributed by atoms with Gasteiger partial charge in [-0.05, 0) is 12.1 Å². The Labute approximate surface area is 89.8 Å². The Balaban J connectivity index is 2.22. The van der Waals surface area contributed by atoms with Crippen LogP contribution in [0.4, 0.5) is 5.69 Å². The number of amides is 1. The summed E-state index contributed by atoms with van der Waals surface area (Å²) in [5.74, 6) is -0.0368. The van der Waals surface area contributed by atoms with Gasteiger partial charge in [0.25, 0.3) is 0 Å². The number of benzene rings is 1. The first-order valence-corrected chi connectivity index (χ1v) is 4.86. The van der Waals surface area contributed by atoms with E-state index in [-0.39, 0.29) is 5.91 Å². The van der Waals surface area contributed by atoms with Crippen LogP contribution in [0.2, 0.25) is 0 Å². The van der Waals surface area contributed by atoms with E-state index in [4.69, 9.17) is 4.74 Å². The van der Waals surface area contributed by atoms with Gasteiger partial charge in [-0.25, -0.2) is 0 Å². The number of carbonyl (C=O) groups excluding carboxylic acids is 1. The molecule has 15 heavy (non-hydrogen) atoms. The lowest BCUT2D eigenvalue weighted by Gasteiger charge is -2.04. The molecular formula is C12H15NO2. The van der Waals surface area contributed by atoms with Crippen molar-refractivity contribution in [2.24, 2.45) is 0 Å². The Morgan fingerprint density at radius 2 is 2.13 bits per heavy atom. The summed E-state index contributed by atoms with van der Waals surface area (Å²) in [6.45, 7) is 4.43. The van der Waals surface area contributed by atoms with E-state index in [2.05, 4.69) is 11.9 Å². The number of nitrogens with one attached hydrogen (secondary N) is 1. The number of carbonyl (C=O) groups is 1. The van der Waals surface area contributed by atoms with Crippen LogP contribution in [0.3, 0.4) is 0 Å². The van der Waals surface area contributed by atoms with Gasteiger partial charge in [0.05, 0.1) is 19.6 Å². The third-order valence-corrected chi connectivity index (χ3v) is 1.77. The van der Waals surface area contributed by atoms with Gasteiger partial charge in [0, 0.05) is 5.69 Å². The molecule has 0 spiro atoms. The number of ether oxygens (including phenoxy) is 1. The molecule has 1 aromatic rings. The fourth-order valence-electron chi connectivity index (χ4n) is 1.08. The zero-order valence-corrected chi connectivity index (χ0v) is 8.61. The number of anilines is 1. The van der Waals surface area contributed by atoms with Gasteiger partial charge in [0.1, 0.15) is 0 Å². The van der Waals surface area contributed by atoms with Crippen LogP contribution in [0.1, 0.15) is 6.42 Å². The van der Waals surface area contributed by atoms with E-state index in [0.29, 0.717) is 19.6 Å². The van der Waals surface area contributed by atoms with Crippen molar-refractivity contribution >= 4 is 11.6 Å². The summed E-state index contributed by atoms with van der Waals surface area (Å²) in [5.41, 5.74) is 0.811. The quantitative estimate of drug-likeness (QED) is 0.571. The molecule has 0 fully saturated rings. The minimum atomic E-state index is -0.0368. The molecule has 1 amide bonds. The standard InChI is InChI=1S/C12H15NO2/c1-2-9-15-10-8-12(14)13-11-6-4-3-5-7-11/h2-7H,1,8-10H2,(H,13,14). The zero-order chi connectivity index (χ0) is 10.9. The largest absolute Gasteiger partial charge is 0.377 e. The third-order valence-electron chi connectivity index (χ3n) is 1.77. The van der Waals surface area contributed by atoms with Crippen molar-refractivity contribution < 1.29 is 9.53 Å². The molecule has 3 nitrogen and oxygen atoms in total. The van der Waals surface area contributed by atoms with Gasteiger partial charge in [-0.2, -0.15) is 0 Å². The summed E-state index contributed by atoms with van der Waals surface area (Å²) in [6.07, 6.45) is 2.03. The lowest BCUT2D eigenvalue weighted by atomic mass is 10.3. The summed E-state index contributed by atoms with van der Waals surface area (Å²) in [5, 5.41) is 2.77. The molecule has 0 aromatic heterocycles. The number of para-hydroxylation sites is 1. The van der Waals surface area contributed by atoms with Gasteiger partial charge in [-0.1, -0.05) is 24.3 Å². The fraction of sp³-hybridized carbons (Fsp3) is 0.250. The van der Waals surface area contributed by atoms with Crippen molar-refractivity contribution in [2.75, 3.05) is 18.5 Å². The van der Waals surface area contributed by atoms with Crippen LogP contribution in [0.5, 0.6) is 0 Å². The van der Waals surface area contributed by atoms with Crippen LogP contribution in [0.15, 0.2) is 43.0 Å². The first-order valence-electron chi connectivity index (χ1n) is 4.86. The van der Waals surface area contributed by atoms with Crippen LogP contribution in [-0.4, -0.2) is 19.1 Å². The minimum Gasteiger partial charge on any atom is -0.377 e. The molecule has 0 unspecified atom stereocenters. The highest BCUT2D eigenvalue weighted by Crippen LogP contribution is 2.05. The van der Waals surface area contributed by atoms with Crippen molar-refractivity contribution in [1.29, 1.82) is 0 Å². The summed E-state index contributed by atoms with van der Waals surface area (Å²) in [6, 6.07) is 9.36. The predicted molar refractivity (Wildman–Crippen MR) is 60.7 cm³/mol. The molecule has 0 saturated carbocycles. The van der Waals surface area contributed by atoms with E-state index in [1.54, 1.807) is 6.08 Å². The SMILES string of the molecule is C=CCOCCC(=O)Nc1ccccc1. The molecule has 0 radical (unpaired) electrons. The summed E-state index contributed by atoms with van der Waals surface area (Å²) >= 11 is 0. The Morgan fingerprint density at radius 3 is 2.80 bits per heavy atom. The average Bonchev–Trinajstić information content (AvgIpc) is 2.26. The molecule has 1 N–H and O–H groups in total. The van der Waals surface area contributed by atoms with Crippen LogP contribution >= 0.6 is 0 Å². The molecule has 3 heteroatoms. The molecular weight excluding hydrogens is 190 g/mol. The molecule has 80 valence electrons.